The van der Waals surface area contributed by atoms with Crippen LogP contribution in [0.2, 0.25) is 0 Å². The molecule has 0 aliphatic carbocycles. The van der Waals surface area contributed by atoms with Crippen molar-refractivity contribution in [2.24, 2.45) is 5.10 Å². The molecule has 0 bridgehead atoms. The van der Waals surface area contributed by atoms with Gasteiger partial charge < -0.3 is 10.5 Å². The average Bonchev–Trinajstić information content (AvgIpc) is 3.03. The lowest BCUT2D eigenvalue weighted by Gasteiger charge is -2.28. The molecule has 1 aliphatic heterocycles. The van der Waals surface area contributed by atoms with Crippen LogP contribution in [-0.4, -0.2) is 10.8 Å². The van der Waals surface area contributed by atoms with Crippen molar-refractivity contribution >= 4 is 5.71 Å². The molecule has 2 aromatic carbocycles. The van der Waals surface area contributed by atoms with E-state index in [1.54, 1.807) is 0 Å². The van der Waals surface area contributed by atoms with Gasteiger partial charge in [0.2, 0.25) is 0 Å². The fraction of sp³-hybridized carbons (Fsp3) is 0.435. The van der Waals surface area contributed by atoms with Crippen LogP contribution < -0.4 is 5.43 Å². The monoisotopic (exact) mass is 350 g/mol. The van der Waals surface area contributed by atoms with Crippen LogP contribution in [0.3, 0.4) is 0 Å². The molecule has 0 radical (unpaired) electrons. The highest BCUT2D eigenvalue weighted by molar-refractivity contribution is 6.02. The molecule has 138 valence electrons. The Morgan fingerprint density at radius 3 is 1.96 bits per heavy atom. The van der Waals surface area contributed by atoms with Crippen LogP contribution in [0.4, 0.5) is 0 Å². The van der Waals surface area contributed by atoms with Crippen LogP contribution in [0.25, 0.3) is 0 Å². The molecular weight excluding hydrogens is 320 g/mol. The maximum Gasteiger partial charge on any atom is 0.123 e. The molecule has 2 N–H and O–H groups in total. The topological polar surface area (TPSA) is 44.6 Å². The molecule has 3 heteroatoms. The second kappa shape index (κ2) is 6.46. The summed E-state index contributed by atoms with van der Waals surface area (Å²) in [5.41, 5.74) is 8.36. The third-order valence-corrected chi connectivity index (χ3v) is 5.01. The first-order valence-electron chi connectivity index (χ1n) is 9.33. The highest BCUT2D eigenvalue weighted by atomic mass is 16.3. The first-order chi connectivity index (χ1) is 12.1. The smallest absolute Gasteiger partial charge is 0.123 e. The van der Waals surface area contributed by atoms with E-state index in [-0.39, 0.29) is 16.9 Å². The highest BCUT2D eigenvalue weighted by Crippen LogP contribution is 2.40. The summed E-state index contributed by atoms with van der Waals surface area (Å²) in [6.45, 7) is 12.8. The van der Waals surface area contributed by atoms with Gasteiger partial charge in [-0.3, -0.25) is 0 Å². The van der Waals surface area contributed by atoms with Gasteiger partial charge in [-0.15, -0.1) is 0 Å². The fourth-order valence-electron chi connectivity index (χ4n) is 3.45. The van der Waals surface area contributed by atoms with Crippen LogP contribution >= 0.6 is 0 Å². The minimum Gasteiger partial charge on any atom is -0.507 e. The van der Waals surface area contributed by atoms with Gasteiger partial charge in [0.05, 0.1) is 11.8 Å². The number of aromatic hydroxyl groups is 1. The lowest BCUT2D eigenvalue weighted by molar-refractivity contribution is 0.423. The predicted octanol–water partition coefficient (Wildman–Crippen LogP) is 5.43. The molecule has 0 spiro atoms. The van der Waals surface area contributed by atoms with Crippen molar-refractivity contribution in [1.29, 1.82) is 0 Å². The third-order valence-electron chi connectivity index (χ3n) is 5.01. The molecule has 3 nitrogen and oxygen atoms in total. The Morgan fingerprint density at radius 2 is 1.46 bits per heavy atom. The average molecular weight is 351 g/mol. The molecule has 2 aromatic rings. The number of phenolic OH excluding ortho intramolecular Hbond substituents is 1. The molecule has 0 saturated carbocycles. The summed E-state index contributed by atoms with van der Waals surface area (Å²) in [7, 11) is 0. The normalized spacial score (nSPS) is 17.8. The number of phenols is 1. The van der Waals surface area contributed by atoms with E-state index >= 15 is 0 Å². The van der Waals surface area contributed by atoms with Gasteiger partial charge >= 0.3 is 0 Å². The second-order valence-corrected chi connectivity index (χ2v) is 9.27. The van der Waals surface area contributed by atoms with Crippen LogP contribution in [0.1, 0.15) is 76.3 Å². The highest BCUT2D eigenvalue weighted by Gasteiger charge is 2.29. The van der Waals surface area contributed by atoms with E-state index in [1.165, 1.54) is 5.56 Å². The van der Waals surface area contributed by atoms with Crippen LogP contribution in [0, 0.1) is 0 Å². The van der Waals surface area contributed by atoms with Crippen LogP contribution in [-0.2, 0) is 10.8 Å². The van der Waals surface area contributed by atoms with E-state index in [2.05, 4.69) is 88.5 Å². The van der Waals surface area contributed by atoms with Crippen molar-refractivity contribution in [3.05, 3.63) is 64.7 Å². The zero-order valence-electron chi connectivity index (χ0n) is 16.7. The van der Waals surface area contributed by atoms with Crippen molar-refractivity contribution < 1.29 is 5.11 Å². The summed E-state index contributed by atoms with van der Waals surface area (Å²) in [5.74, 6) is 0.417. The standard InChI is InChI=1S/C23H30N2O/c1-22(2,3)17-12-16(13-18(21(17)26)23(4,5)6)20-14-19(24-25-20)15-10-8-7-9-11-15/h7-13,19,24,26H,14H2,1-6H3. The van der Waals surface area contributed by atoms with Gasteiger partial charge in [0.1, 0.15) is 5.75 Å². The zero-order valence-corrected chi connectivity index (χ0v) is 16.7. The minimum atomic E-state index is -0.133. The maximum absolute atomic E-state index is 10.9. The Labute approximate surface area is 157 Å². The Morgan fingerprint density at radius 1 is 0.923 bits per heavy atom. The van der Waals surface area contributed by atoms with E-state index in [1.807, 2.05) is 6.07 Å². The van der Waals surface area contributed by atoms with Gasteiger partial charge in [-0.1, -0.05) is 71.9 Å². The number of nitrogens with one attached hydrogen (secondary N) is 1. The minimum absolute atomic E-state index is 0.133. The van der Waals surface area contributed by atoms with E-state index in [0.717, 1.165) is 28.8 Å². The van der Waals surface area contributed by atoms with Gasteiger partial charge in [-0.25, -0.2) is 0 Å². The van der Waals surface area contributed by atoms with Gasteiger partial charge in [-0.05, 0) is 34.1 Å². The summed E-state index contributed by atoms with van der Waals surface area (Å²) >= 11 is 0. The van der Waals surface area contributed by atoms with Crippen molar-refractivity contribution in [1.82, 2.24) is 5.43 Å². The quantitative estimate of drug-likeness (QED) is 0.759. The molecule has 1 unspecified atom stereocenters. The molecule has 1 aliphatic rings. The fourth-order valence-corrected chi connectivity index (χ4v) is 3.45. The van der Waals surface area contributed by atoms with Gasteiger partial charge in [0.15, 0.2) is 0 Å². The van der Waals surface area contributed by atoms with Gasteiger partial charge in [-0.2, -0.15) is 5.10 Å². The van der Waals surface area contributed by atoms with Crippen molar-refractivity contribution in [2.75, 3.05) is 0 Å². The number of hydrogen-bond acceptors (Lipinski definition) is 3. The van der Waals surface area contributed by atoms with Crippen LogP contribution in [0.5, 0.6) is 5.75 Å². The largest absolute Gasteiger partial charge is 0.507 e. The van der Waals surface area contributed by atoms with Gasteiger partial charge in [0, 0.05) is 17.5 Å². The molecule has 26 heavy (non-hydrogen) atoms. The van der Waals surface area contributed by atoms with Crippen LogP contribution in [0.15, 0.2) is 47.6 Å². The zero-order chi connectivity index (χ0) is 19.1. The van der Waals surface area contributed by atoms with Crippen molar-refractivity contribution in [3.8, 4) is 5.75 Å². The number of rotatable bonds is 2. The molecule has 1 heterocycles. The lowest BCUT2D eigenvalue weighted by atomic mass is 9.77. The molecular formula is C23H30N2O. The third kappa shape index (κ3) is 3.62. The van der Waals surface area contributed by atoms with Crippen molar-refractivity contribution in [3.63, 3.8) is 0 Å². The molecule has 0 fully saturated rings. The molecule has 0 amide bonds. The van der Waals surface area contributed by atoms with Crippen molar-refractivity contribution in [2.45, 2.75) is 64.8 Å². The molecule has 0 aromatic heterocycles. The Bertz CT molecular complexity index is 789. The van der Waals surface area contributed by atoms with Gasteiger partial charge in [0.25, 0.3) is 0 Å². The second-order valence-electron chi connectivity index (χ2n) is 9.27. The number of hydrogen-bond donors (Lipinski definition) is 2. The predicted molar refractivity (Wildman–Crippen MR) is 109 cm³/mol. The first-order valence-corrected chi connectivity index (χ1v) is 9.33. The van der Waals surface area contributed by atoms with E-state index in [4.69, 9.17) is 0 Å². The SMILES string of the molecule is CC(C)(C)c1cc(C2=NNC(c3ccccc3)C2)cc(C(C)(C)C)c1O. The maximum atomic E-state index is 10.9. The summed E-state index contributed by atoms with van der Waals surface area (Å²) in [6, 6.07) is 14.8. The summed E-state index contributed by atoms with van der Waals surface area (Å²) in [4.78, 5) is 0. The van der Waals surface area contributed by atoms with E-state index in [0.29, 0.717) is 5.75 Å². The Hall–Kier alpha value is -2.29. The number of nitrogens with zero attached hydrogens (tertiary/aromatic N) is 1. The first kappa shape index (κ1) is 18.5. The van der Waals surface area contributed by atoms with E-state index < -0.39 is 0 Å². The summed E-state index contributed by atoms with van der Waals surface area (Å²) in [5, 5.41) is 15.5. The molecule has 1 atom stereocenters. The molecule has 3 rings (SSSR count). The molecule has 0 saturated heterocycles. The lowest BCUT2D eigenvalue weighted by Crippen LogP contribution is -2.19. The number of benzene rings is 2. The Kier molecular flexibility index (Phi) is 4.60. The summed E-state index contributed by atoms with van der Waals surface area (Å²) < 4.78 is 0. The Balaban J connectivity index is 2.01. The van der Waals surface area contributed by atoms with E-state index in [9.17, 15) is 5.11 Å². The number of hydrazone groups is 1. The summed E-state index contributed by atoms with van der Waals surface area (Å²) in [6.07, 6.45) is 0.849.